The van der Waals surface area contributed by atoms with Gasteiger partial charge < -0.3 is 9.64 Å². The summed E-state index contributed by atoms with van der Waals surface area (Å²) in [6, 6.07) is 7.64. The zero-order valence-corrected chi connectivity index (χ0v) is 17.1. The summed E-state index contributed by atoms with van der Waals surface area (Å²) in [6.45, 7) is 1.56. The van der Waals surface area contributed by atoms with Crippen molar-refractivity contribution in [3.8, 4) is 5.75 Å². The summed E-state index contributed by atoms with van der Waals surface area (Å²) in [6.07, 6.45) is 1.02. The minimum Gasteiger partial charge on any atom is -0.495 e. The van der Waals surface area contributed by atoms with Crippen LogP contribution in [0.1, 0.15) is 31.3 Å². The quantitative estimate of drug-likeness (QED) is 0.565. The lowest BCUT2D eigenvalue weighted by atomic mass is 10.1. The molecule has 3 aromatic rings. The largest absolute Gasteiger partial charge is 0.495 e. The number of halogens is 3. The summed E-state index contributed by atoms with van der Waals surface area (Å²) in [5.74, 6) is -0.167. The van der Waals surface area contributed by atoms with Crippen molar-refractivity contribution in [2.45, 2.75) is 30.6 Å². The molecule has 1 aliphatic rings. The van der Waals surface area contributed by atoms with Gasteiger partial charge in [-0.1, -0.05) is 0 Å². The van der Waals surface area contributed by atoms with Crippen molar-refractivity contribution in [1.82, 2.24) is 3.97 Å². The number of alkyl halides is 2. The van der Waals surface area contributed by atoms with Gasteiger partial charge in [-0.15, -0.1) is 0 Å². The molecule has 0 unspecified atom stereocenters. The Hall–Kier alpha value is -2.68. The molecule has 0 aliphatic carbocycles. The first kappa shape index (κ1) is 20.6. The van der Waals surface area contributed by atoms with E-state index in [-0.39, 0.29) is 15.8 Å². The number of nitrogens with zero attached hydrogens (tertiary/aromatic N) is 2. The van der Waals surface area contributed by atoms with Gasteiger partial charge in [0.25, 0.3) is 16.4 Å². The average molecular weight is 438 g/mol. The third-order valence-corrected chi connectivity index (χ3v) is 7.07. The van der Waals surface area contributed by atoms with E-state index in [0.29, 0.717) is 11.4 Å². The Kier molecular flexibility index (Phi) is 5.40. The van der Waals surface area contributed by atoms with Crippen LogP contribution < -0.4 is 9.64 Å². The molecule has 1 aromatic heterocycles. The van der Waals surface area contributed by atoms with Crippen molar-refractivity contribution in [2.24, 2.45) is 0 Å². The molecule has 9 heteroatoms. The number of aromatic nitrogens is 1. The first-order chi connectivity index (χ1) is 14.3. The molecule has 160 valence electrons. The average Bonchev–Trinajstić information content (AvgIpc) is 3.13. The van der Waals surface area contributed by atoms with Gasteiger partial charge in [0.05, 0.1) is 23.2 Å². The fourth-order valence-corrected chi connectivity index (χ4v) is 5.29. The Bertz CT molecular complexity index is 1190. The lowest BCUT2D eigenvalue weighted by Gasteiger charge is -2.30. The van der Waals surface area contributed by atoms with E-state index >= 15 is 0 Å². The highest BCUT2D eigenvalue weighted by molar-refractivity contribution is 7.90. The lowest BCUT2D eigenvalue weighted by Crippen LogP contribution is -2.30. The van der Waals surface area contributed by atoms with E-state index in [2.05, 4.69) is 4.90 Å². The van der Waals surface area contributed by atoms with Gasteiger partial charge in [-0.3, -0.25) is 0 Å². The molecule has 0 spiro atoms. The Balaban J connectivity index is 1.87. The van der Waals surface area contributed by atoms with Crippen molar-refractivity contribution in [3.05, 3.63) is 54.0 Å². The monoisotopic (exact) mass is 438 g/mol. The standard InChI is InChI=1S/C21H21F3N2O3S/c1-29-20-8-6-15(12-19(20)25-9-3-2-4-10-25)30(27,28)26-13-17(21(23)24)16-11-14(22)5-7-18(16)26/h5-8,11-13,21H,2-4,9-10H2,1H3. The fourth-order valence-electron chi connectivity index (χ4n) is 3.90. The molecule has 1 fully saturated rings. The van der Waals surface area contributed by atoms with E-state index in [9.17, 15) is 21.6 Å². The van der Waals surface area contributed by atoms with Crippen LogP contribution in [0.5, 0.6) is 5.75 Å². The number of piperidine rings is 1. The Labute approximate surface area is 172 Å². The van der Waals surface area contributed by atoms with E-state index in [0.717, 1.165) is 54.7 Å². The molecule has 2 heterocycles. The topological polar surface area (TPSA) is 51.5 Å². The van der Waals surface area contributed by atoms with Gasteiger partial charge in [0.15, 0.2) is 0 Å². The SMILES string of the molecule is COc1ccc(S(=O)(=O)n2cc(C(F)F)c3cc(F)ccc32)cc1N1CCCCC1. The number of anilines is 1. The van der Waals surface area contributed by atoms with E-state index in [1.807, 2.05) is 0 Å². The highest BCUT2D eigenvalue weighted by atomic mass is 32.2. The summed E-state index contributed by atoms with van der Waals surface area (Å²) in [7, 11) is -2.68. The maximum Gasteiger partial charge on any atom is 0.268 e. The van der Waals surface area contributed by atoms with Gasteiger partial charge in [-0.2, -0.15) is 0 Å². The number of fused-ring (bicyclic) bond motifs is 1. The molecule has 1 saturated heterocycles. The summed E-state index contributed by atoms with van der Waals surface area (Å²) in [5, 5.41) is -0.127. The van der Waals surface area contributed by atoms with E-state index in [1.165, 1.54) is 25.3 Å². The Morgan fingerprint density at radius 2 is 1.77 bits per heavy atom. The van der Waals surface area contributed by atoms with Crippen molar-refractivity contribution in [2.75, 3.05) is 25.1 Å². The number of rotatable bonds is 5. The van der Waals surface area contributed by atoms with Crippen LogP contribution in [0.4, 0.5) is 18.9 Å². The summed E-state index contributed by atoms with van der Waals surface area (Å²) in [4.78, 5) is 2.01. The molecular formula is C21H21F3N2O3S. The Morgan fingerprint density at radius 3 is 2.43 bits per heavy atom. The van der Waals surface area contributed by atoms with Crippen molar-refractivity contribution in [1.29, 1.82) is 0 Å². The van der Waals surface area contributed by atoms with E-state index in [1.54, 1.807) is 6.07 Å². The molecule has 0 saturated carbocycles. The van der Waals surface area contributed by atoms with Crippen LogP contribution in [0.2, 0.25) is 0 Å². The van der Waals surface area contributed by atoms with Gasteiger partial charge >= 0.3 is 0 Å². The van der Waals surface area contributed by atoms with E-state index < -0.39 is 27.8 Å². The highest BCUT2D eigenvalue weighted by Crippen LogP contribution is 2.36. The maximum atomic E-state index is 13.6. The predicted molar refractivity (Wildman–Crippen MR) is 108 cm³/mol. The molecule has 0 amide bonds. The zero-order chi connectivity index (χ0) is 21.5. The molecule has 4 rings (SSSR count). The number of hydrogen-bond donors (Lipinski definition) is 0. The predicted octanol–water partition coefficient (Wildman–Crippen LogP) is 4.95. The van der Waals surface area contributed by atoms with Crippen LogP contribution in [0, 0.1) is 5.82 Å². The molecule has 1 aliphatic heterocycles. The molecule has 30 heavy (non-hydrogen) atoms. The van der Waals surface area contributed by atoms with Gasteiger partial charge in [0, 0.05) is 30.2 Å². The van der Waals surface area contributed by atoms with Gasteiger partial charge in [0.1, 0.15) is 11.6 Å². The van der Waals surface area contributed by atoms with Crippen LogP contribution in [0.25, 0.3) is 10.9 Å². The number of methoxy groups -OCH3 is 1. The van der Waals surface area contributed by atoms with Crippen molar-refractivity contribution < 1.29 is 26.3 Å². The normalized spacial score (nSPS) is 15.2. The van der Waals surface area contributed by atoms with E-state index in [4.69, 9.17) is 4.74 Å². The maximum absolute atomic E-state index is 13.6. The Morgan fingerprint density at radius 1 is 1.03 bits per heavy atom. The number of benzene rings is 2. The van der Waals surface area contributed by atoms with Gasteiger partial charge in [0.2, 0.25) is 0 Å². The lowest BCUT2D eigenvalue weighted by molar-refractivity contribution is 0.153. The van der Waals surface area contributed by atoms with Crippen LogP contribution in [-0.2, 0) is 10.0 Å². The second-order valence-electron chi connectivity index (χ2n) is 7.23. The first-order valence-corrected chi connectivity index (χ1v) is 11.0. The van der Waals surface area contributed by atoms with Crippen molar-refractivity contribution in [3.63, 3.8) is 0 Å². The minimum atomic E-state index is -4.20. The first-order valence-electron chi connectivity index (χ1n) is 9.60. The zero-order valence-electron chi connectivity index (χ0n) is 16.3. The fraction of sp³-hybridized carbons (Fsp3) is 0.333. The third-order valence-electron chi connectivity index (χ3n) is 5.40. The molecule has 0 atom stereocenters. The molecule has 0 bridgehead atoms. The number of hydrogen-bond acceptors (Lipinski definition) is 4. The molecule has 2 aromatic carbocycles. The van der Waals surface area contributed by atoms with Gasteiger partial charge in [-0.05, 0) is 55.7 Å². The highest BCUT2D eigenvalue weighted by Gasteiger charge is 2.26. The van der Waals surface area contributed by atoms with Crippen LogP contribution in [0.3, 0.4) is 0 Å². The van der Waals surface area contributed by atoms with Crippen molar-refractivity contribution >= 4 is 26.6 Å². The van der Waals surface area contributed by atoms with Gasteiger partial charge in [-0.25, -0.2) is 25.6 Å². The summed E-state index contributed by atoms with van der Waals surface area (Å²) in [5.41, 5.74) is 0.120. The second kappa shape index (κ2) is 7.86. The summed E-state index contributed by atoms with van der Waals surface area (Å²) >= 11 is 0. The number of ether oxygens (including phenoxy) is 1. The van der Waals surface area contributed by atoms with Crippen LogP contribution in [-0.4, -0.2) is 32.6 Å². The summed E-state index contributed by atoms with van der Waals surface area (Å²) < 4.78 is 73.5. The third kappa shape index (κ3) is 3.51. The van der Waals surface area contributed by atoms with Crippen LogP contribution >= 0.6 is 0 Å². The second-order valence-corrected chi connectivity index (χ2v) is 9.04. The molecular weight excluding hydrogens is 417 g/mol. The minimum absolute atomic E-state index is 0.00189. The molecule has 5 nitrogen and oxygen atoms in total. The van der Waals surface area contributed by atoms with Crippen LogP contribution in [0.15, 0.2) is 47.5 Å². The molecule has 0 radical (unpaired) electrons. The smallest absolute Gasteiger partial charge is 0.268 e. The molecule has 0 N–H and O–H groups in total.